The summed E-state index contributed by atoms with van der Waals surface area (Å²) in [5, 5.41) is 3.05. The van der Waals surface area contributed by atoms with Gasteiger partial charge in [0.05, 0.1) is 13.2 Å². The molecule has 2 aliphatic rings. The van der Waals surface area contributed by atoms with Crippen LogP contribution in [0.5, 0.6) is 0 Å². The van der Waals surface area contributed by atoms with E-state index in [1.807, 2.05) is 18.2 Å². The van der Waals surface area contributed by atoms with Gasteiger partial charge in [-0.05, 0) is 48.4 Å². The smallest absolute Gasteiger partial charge is 0.251 e. The molecule has 0 spiro atoms. The summed E-state index contributed by atoms with van der Waals surface area (Å²) in [5.74, 6) is 0.541. The first-order valence-corrected chi connectivity index (χ1v) is 7.45. The van der Waals surface area contributed by atoms with Gasteiger partial charge in [0.25, 0.3) is 5.91 Å². The van der Waals surface area contributed by atoms with Gasteiger partial charge in [0.1, 0.15) is 0 Å². The third-order valence-electron chi connectivity index (χ3n) is 4.36. The van der Waals surface area contributed by atoms with Gasteiger partial charge in [-0.3, -0.25) is 4.79 Å². The molecule has 4 nitrogen and oxygen atoms in total. The molecule has 1 fully saturated rings. The lowest BCUT2D eigenvalue weighted by Crippen LogP contribution is -2.35. The molecule has 3 rings (SSSR count). The van der Waals surface area contributed by atoms with Gasteiger partial charge >= 0.3 is 0 Å². The molecule has 1 aliphatic carbocycles. The van der Waals surface area contributed by atoms with E-state index in [1.54, 1.807) is 0 Å². The van der Waals surface area contributed by atoms with Crippen LogP contribution in [0.25, 0.3) is 0 Å². The van der Waals surface area contributed by atoms with Gasteiger partial charge in [-0.25, -0.2) is 0 Å². The molecule has 0 aromatic heterocycles. The Balaban J connectivity index is 1.56. The van der Waals surface area contributed by atoms with Crippen molar-refractivity contribution in [3.8, 4) is 0 Å². The molecule has 1 saturated carbocycles. The molecule has 1 aliphatic heterocycles. The Morgan fingerprint density at radius 3 is 3.00 bits per heavy atom. The van der Waals surface area contributed by atoms with Crippen molar-refractivity contribution in [2.75, 3.05) is 6.54 Å². The van der Waals surface area contributed by atoms with Crippen LogP contribution in [-0.2, 0) is 18.0 Å². The molecule has 2 atom stereocenters. The molecule has 1 aromatic rings. The van der Waals surface area contributed by atoms with E-state index in [1.165, 1.54) is 18.4 Å². The van der Waals surface area contributed by atoms with Crippen LogP contribution < -0.4 is 11.1 Å². The number of nitrogens with two attached hydrogens (primary N) is 1. The minimum Gasteiger partial charge on any atom is -0.372 e. The fourth-order valence-corrected chi connectivity index (χ4v) is 3.17. The molecule has 3 N–H and O–H groups in total. The quantitative estimate of drug-likeness (QED) is 0.885. The largest absolute Gasteiger partial charge is 0.372 e. The van der Waals surface area contributed by atoms with Gasteiger partial charge < -0.3 is 15.8 Å². The Kier molecular flexibility index (Phi) is 4.03. The Labute approximate surface area is 119 Å². The normalized spacial score (nSPS) is 25.2. The average Bonchev–Trinajstić information content (AvgIpc) is 2.92. The number of carbonyl (C=O) groups excluding carboxylic acids is 1. The first kappa shape index (κ1) is 13.6. The molecule has 4 heteroatoms. The van der Waals surface area contributed by atoms with Crippen molar-refractivity contribution in [2.45, 2.75) is 44.9 Å². The second-order valence-electron chi connectivity index (χ2n) is 5.98. The molecule has 2 unspecified atom stereocenters. The topological polar surface area (TPSA) is 64.3 Å². The van der Waals surface area contributed by atoms with Crippen LogP contribution in [0.4, 0.5) is 0 Å². The summed E-state index contributed by atoms with van der Waals surface area (Å²) in [6, 6.07) is 6.14. The predicted octanol–water partition coefficient (Wildman–Crippen LogP) is 1.96. The van der Waals surface area contributed by atoms with E-state index in [-0.39, 0.29) is 5.91 Å². The van der Waals surface area contributed by atoms with Gasteiger partial charge in [0.15, 0.2) is 0 Å². The Bertz CT molecular complexity index is 501. The van der Waals surface area contributed by atoms with Crippen LogP contribution in [0.1, 0.15) is 47.2 Å². The second kappa shape index (κ2) is 5.94. The number of hydrogen-bond donors (Lipinski definition) is 2. The highest BCUT2D eigenvalue weighted by atomic mass is 16.5. The molecular weight excluding hydrogens is 252 g/mol. The summed E-state index contributed by atoms with van der Waals surface area (Å²) in [4.78, 5) is 12.2. The van der Waals surface area contributed by atoms with E-state index >= 15 is 0 Å². The summed E-state index contributed by atoms with van der Waals surface area (Å²) >= 11 is 0. The monoisotopic (exact) mass is 274 g/mol. The van der Waals surface area contributed by atoms with Crippen molar-refractivity contribution in [1.82, 2.24) is 5.32 Å². The molecule has 1 aromatic carbocycles. The molecular formula is C16H22N2O2. The maximum absolute atomic E-state index is 12.2. The van der Waals surface area contributed by atoms with Crippen LogP contribution in [0.3, 0.4) is 0 Å². The molecule has 0 bridgehead atoms. The Morgan fingerprint density at radius 1 is 1.30 bits per heavy atom. The third kappa shape index (κ3) is 3.02. The van der Waals surface area contributed by atoms with E-state index in [0.717, 1.165) is 30.5 Å². The maximum atomic E-state index is 12.2. The van der Waals surface area contributed by atoms with Gasteiger partial charge in [-0.15, -0.1) is 0 Å². The summed E-state index contributed by atoms with van der Waals surface area (Å²) in [5.41, 5.74) is 9.04. The highest BCUT2D eigenvalue weighted by Crippen LogP contribution is 2.23. The molecule has 0 saturated heterocycles. The molecule has 1 heterocycles. The lowest BCUT2D eigenvalue weighted by atomic mass is 9.86. The summed E-state index contributed by atoms with van der Waals surface area (Å²) < 4.78 is 5.37. The fraction of sp³-hybridized carbons (Fsp3) is 0.562. The molecule has 1 amide bonds. The van der Waals surface area contributed by atoms with E-state index in [9.17, 15) is 4.79 Å². The van der Waals surface area contributed by atoms with Crippen molar-refractivity contribution in [3.63, 3.8) is 0 Å². The minimum atomic E-state index is 0.0128. The van der Waals surface area contributed by atoms with Crippen molar-refractivity contribution >= 4 is 5.91 Å². The van der Waals surface area contributed by atoms with Crippen LogP contribution in [0, 0.1) is 5.92 Å². The lowest BCUT2D eigenvalue weighted by molar-refractivity contribution is 0.0942. The van der Waals surface area contributed by atoms with Crippen molar-refractivity contribution < 1.29 is 9.53 Å². The Hall–Kier alpha value is -1.39. The number of rotatable bonds is 3. The number of nitrogens with one attached hydrogen (secondary N) is 1. The zero-order valence-electron chi connectivity index (χ0n) is 11.7. The van der Waals surface area contributed by atoms with Gasteiger partial charge in [0.2, 0.25) is 0 Å². The van der Waals surface area contributed by atoms with Crippen molar-refractivity contribution in [1.29, 1.82) is 0 Å². The highest BCUT2D eigenvalue weighted by molar-refractivity contribution is 5.94. The minimum absolute atomic E-state index is 0.0128. The van der Waals surface area contributed by atoms with Crippen LogP contribution in [0.15, 0.2) is 18.2 Å². The first-order chi connectivity index (χ1) is 9.72. The van der Waals surface area contributed by atoms with E-state index in [2.05, 4.69) is 5.32 Å². The summed E-state index contributed by atoms with van der Waals surface area (Å²) in [7, 11) is 0. The van der Waals surface area contributed by atoms with Gasteiger partial charge in [-0.1, -0.05) is 12.5 Å². The zero-order chi connectivity index (χ0) is 13.9. The maximum Gasteiger partial charge on any atom is 0.251 e. The standard InChI is InChI=1S/C16H22N2O2/c17-15-3-1-2-11(6-15)8-18-16(19)12-4-5-13-9-20-10-14(13)7-12/h4-5,7,11,15H,1-3,6,8-10,17H2,(H,18,19). The highest BCUT2D eigenvalue weighted by Gasteiger charge is 2.20. The number of carbonyl (C=O) groups is 1. The number of hydrogen-bond acceptors (Lipinski definition) is 3. The number of fused-ring (bicyclic) bond motifs is 1. The van der Waals surface area contributed by atoms with Crippen molar-refractivity contribution in [2.24, 2.45) is 11.7 Å². The fourth-order valence-electron chi connectivity index (χ4n) is 3.17. The van der Waals surface area contributed by atoms with Crippen molar-refractivity contribution in [3.05, 3.63) is 34.9 Å². The Morgan fingerprint density at radius 2 is 2.15 bits per heavy atom. The van der Waals surface area contributed by atoms with E-state index in [4.69, 9.17) is 10.5 Å². The molecule has 20 heavy (non-hydrogen) atoms. The van der Waals surface area contributed by atoms with Crippen LogP contribution in [0.2, 0.25) is 0 Å². The van der Waals surface area contributed by atoms with Gasteiger partial charge in [-0.2, -0.15) is 0 Å². The predicted molar refractivity (Wildman–Crippen MR) is 77.2 cm³/mol. The van der Waals surface area contributed by atoms with Crippen LogP contribution in [-0.4, -0.2) is 18.5 Å². The third-order valence-corrected chi connectivity index (χ3v) is 4.36. The average molecular weight is 274 g/mol. The zero-order valence-corrected chi connectivity index (χ0v) is 11.7. The number of amides is 1. The van der Waals surface area contributed by atoms with Gasteiger partial charge in [0, 0.05) is 18.2 Å². The molecule has 0 radical (unpaired) electrons. The SMILES string of the molecule is NC1CCCC(CNC(=O)c2ccc3c(c2)COC3)C1. The van der Waals surface area contributed by atoms with E-state index < -0.39 is 0 Å². The van der Waals surface area contributed by atoms with Crippen LogP contribution >= 0.6 is 0 Å². The van der Waals surface area contributed by atoms with E-state index in [0.29, 0.717) is 25.2 Å². The second-order valence-corrected chi connectivity index (χ2v) is 5.98. The summed E-state index contributed by atoms with van der Waals surface area (Å²) in [6.45, 7) is 2.02. The number of ether oxygens (including phenoxy) is 1. The lowest BCUT2D eigenvalue weighted by Gasteiger charge is -2.26. The molecule has 108 valence electrons. The first-order valence-electron chi connectivity index (χ1n) is 7.45. The number of benzene rings is 1. The summed E-state index contributed by atoms with van der Waals surface area (Å²) in [6.07, 6.45) is 4.50.